The monoisotopic (exact) mass is 309 g/mol. The standard InChI is InChI=1S/C18H31NOS/c1-14(11-15-9-7-8-10-17(15)20-6)19(5)12-16(13-21)18(2,3)4/h7-10,14,16,21H,11-13H2,1-6H3. The van der Waals surface area contributed by atoms with Gasteiger partial charge in [0.25, 0.3) is 0 Å². The van der Waals surface area contributed by atoms with Crippen molar-refractivity contribution >= 4 is 12.6 Å². The lowest BCUT2D eigenvalue weighted by molar-refractivity contribution is 0.157. The third-order valence-electron chi connectivity index (χ3n) is 4.41. The normalized spacial score (nSPS) is 15.0. The molecule has 0 saturated carbocycles. The molecule has 0 heterocycles. The highest BCUT2D eigenvalue weighted by Crippen LogP contribution is 2.28. The van der Waals surface area contributed by atoms with Crippen molar-refractivity contribution in [1.82, 2.24) is 4.90 Å². The van der Waals surface area contributed by atoms with Gasteiger partial charge in [-0.05, 0) is 49.1 Å². The highest BCUT2D eigenvalue weighted by atomic mass is 32.1. The number of thiol groups is 1. The van der Waals surface area contributed by atoms with Crippen molar-refractivity contribution in [3.05, 3.63) is 29.8 Å². The van der Waals surface area contributed by atoms with Gasteiger partial charge in [0, 0.05) is 12.6 Å². The van der Waals surface area contributed by atoms with Gasteiger partial charge in [0.1, 0.15) is 5.75 Å². The van der Waals surface area contributed by atoms with Gasteiger partial charge in [-0.15, -0.1) is 0 Å². The summed E-state index contributed by atoms with van der Waals surface area (Å²) in [6, 6.07) is 8.77. The molecule has 0 radical (unpaired) electrons. The number of hydrogen-bond acceptors (Lipinski definition) is 3. The number of rotatable bonds is 7. The third kappa shape index (κ3) is 5.55. The average Bonchev–Trinajstić information content (AvgIpc) is 2.43. The maximum absolute atomic E-state index is 5.45. The van der Waals surface area contributed by atoms with E-state index in [9.17, 15) is 0 Å². The van der Waals surface area contributed by atoms with Gasteiger partial charge in [0.05, 0.1) is 7.11 Å². The molecule has 2 atom stereocenters. The molecular formula is C18H31NOS. The van der Waals surface area contributed by atoms with Gasteiger partial charge in [0.2, 0.25) is 0 Å². The van der Waals surface area contributed by atoms with Gasteiger partial charge < -0.3 is 9.64 Å². The topological polar surface area (TPSA) is 12.5 Å². The molecule has 2 nitrogen and oxygen atoms in total. The first kappa shape index (κ1) is 18.4. The van der Waals surface area contributed by atoms with Crippen LogP contribution in [0.15, 0.2) is 24.3 Å². The molecule has 2 unspecified atom stereocenters. The number of para-hydroxylation sites is 1. The van der Waals surface area contributed by atoms with E-state index < -0.39 is 0 Å². The minimum Gasteiger partial charge on any atom is -0.496 e. The summed E-state index contributed by atoms with van der Waals surface area (Å²) in [5.41, 5.74) is 1.57. The van der Waals surface area contributed by atoms with E-state index in [1.165, 1.54) is 5.56 Å². The van der Waals surface area contributed by atoms with E-state index in [0.717, 1.165) is 24.5 Å². The lowest BCUT2D eigenvalue weighted by Gasteiger charge is -2.35. The van der Waals surface area contributed by atoms with Crippen LogP contribution in [0.1, 0.15) is 33.3 Å². The summed E-state index contributed by atoms with van der Waals surface area (Å²) in [6.45, 7) is 10.2. The molecule has 0 aliphatic rings. The van der Waals surface area contributed by atoms with Crippen molar-refractivity contribution in [2.24, 2.45) is 11.3 Å². The van der Waals surface area contributed by atoms with Crippen LogP contribution in [0.4, 0.5) is 0 Å². The molecule has 0 aliphatic carbocycles. The molecule has 0 saturated heterocycles. The van der Waals surface area contributed by atoms with Crippen LogP contribution in [0.5, 0.6) is 5.75 Å². The minimum absolute atomic E-state index is 0.292. The molecule has 0 fully saturated rings. The van der Waals surface area contributed by atoms with Gasteiger partial charge in [-0.1, -0.05) is 39.0 Å². The Labute approximate surface area is 136 Å². The second kappa shape index (κ2) is 8.09. The van der Waals surface area contributed by atoms with Crippen LogP contribution in [0.25, 0.3) is 0 Å². The number of benzene rings is 1. The predicted octanol–water partition coefficient (Wildman–Crippen LogP) is 4.15. The Bertz CT molecular complexity index is 427. The van der Waals surface area contributed by atoms with Crippen LogP contribution >= 0.6 is 12.6 Å². The van der Waals surface area contributed by atoms with Crippen molar-refractivity contribution in [1.29, 1.82) is 0 Å². The fraction of sp³-hybridized carbons (Fsp3) is 0.667. The van der Waals surface area contributed by atoms with Gasteiger partial charge >= 0.3 is 0 Å². The fourth-order valence-electron chi connectivity index (χ4n) is 2.48. The van der Waals surface area contributed by atoms with Gasteiger partial charge in [0.15, 0.2) is 0 Å². The SMILES string of the molecule is COc1ccccc1CC(C)N(C)CC(CS)C(C)(C)C. The molecule has 21 heavy (non-hydrogen) atoms. The largest absolute Gasteiger partial charge is 0.496 e. The molecular weight excluding hydrogens is 278 g/mol. The number of likely N-dealkylation sites (N-methyl/N-ethyl adjacent to an activating group) is 1. The average molecular weight is 310 g/mol. The molecule has 120 valence electrons. The summed E-state index contributed by atoms with van der Waals surface area (Å²) in [7, 11) is 3.95. The molecule has 0 aliphatic heterocycles. The summed E-state index contributed by atoms with van der Waals surface area (Å²) in [4.78, 5) is 2.44. The Morgan fingerprint density at radius 3 is 2.38 bits per heavy atom. The molecule has 3 heteroatoms. The van der Waals surface area contributed by atoms with E-state index in [1.807, 2.05) is 12.1 Å². The molecule has 1 aromatic carbocycles. The quantitative estimate of drug-likeness (QED) is 0.760. The zero-order valence-corrected chi connectivity index (χ0v) is 15.3. The number of methoxy groups -OCH3 is 1. The summed E-state index contributed by atoms with van der Waals surface area (Å²) < 4.78 is 5.45. The lowest BCUT2D eigenvalue weighted by atomic mass is 9.81. The number of nitrogens with zero attached hydrogens (tertiary/aromatic N) is 1. The van der Waals surface area contributed by atoms with Gasteiger partial charge in [-0.2, -0.15) is 12.6 Å². The molecule has 0 spiro atoms. The Hall–Kier alpha value is -0.670. The zero-order chi connectivity index (χ0) is 16.0. The number of ether oxygens (including phenoxy) is 1. The number of hydrogen-bond donors (Lipinski definition) is 1. The molecule has 0 amide bonds. The first-order valence-electron chi connectivity index (χ1n) is 7.72. The van der Waals surface area contributed by atoms with Crippen molar-refractivity contribution in [3.63, 3.8) is 0 Å². The lowest BCUT2D eigenvalue weighted by Crippen LogP contribution is -2.39. The van der Waals surface area contributed by atoms with Crippen molar-refractivity contribution in [2.45, 2.75) is 40.2 Å². The van der Waals surface area contributed by atoms with E-state index in [0.29, 0.717) is 17.4 Å². The van der Waals surface area contributed by atoms with Crippen molar-refractivity contribution in [3.8, 4) is 5.75 Å². The van der Waals surface area contributed by atoms with E-state index in [-0.39, 0.29) is 0 Å². The molecule has 1 rings (SSSR count). The summed E-state index contributed by atoms with van der Waals surface area (Å²) >= 11 is 4.54. The van der Waals surface area contributed by atoms with E-state index >= 15 is 0 Å². The zero-order valence-electron chi connectivity index (χ0n) is 14.4. The van der Waals surface area contributed by atoms with Gasteiger partial charge in [-0.25, -0.2) is 0 Å². The summed E-state index contributed by atoms with van der Waals surface area (Å²) in [6.07, 6.45) is 1.00. The molecule has 1 aromatic rings. The van der Waals surface area contributed by atoms with Gasteiger partial charge in [-0.3, -0.25) is 0 Å². The van der Waals surface area contributed by atoms with Crippen LogP contribution in [-0.4, -0.2) is 37.4 Å². The van der Waals surface area contributed by atoms with Crippen LogP contribution in [0.3, 0.4) is 0 Å². The minimum atomic E-state index is 0.292. The van der Waals surface area contributed by atoms with Crippen LogP contribution in [-0.2, 0) is 6.42 Å². The smallest absolute Gasteiger partial charge is 0.122 e. The maximum Gasteiger partial charge on any atom is 0.122 e. The fourth-order valence-corrected chi connectivity index (χ4v) is 3.14. The summed E-state index contributed by atoms with van der Waals surface area (Å²) in [5, 5.41) is 0. The van der Waals surface area contributed by atoms with Crippen molar-refractivity contribution in [2.75, 3.05) is 26.5 Å². The third-order valence-corrected chi connectivity index (χ3v) is 4.85. The van der Waals surface area contributed by atoms with Crippen LogP contribution in [0, 0.1) is 11.3 Å². The van der Waals surface area contributed by atoms with Crippen LogP contribution in [0.2, 0.25) is 0 Å². The molecule has 0 N–H and O–H groups in total. The van der Waals surface area contributed by atoms with E-state index in [2.05, 4.69) is 64.4 Å². The van der Waals surface area contributed by atoms with Crippen LogP contribution < -0.4 is 4.74 Å². The maximum atomic E-state index is 5.45. The van der Waals surface area contributed by atoms with Crippen molar-refractivity contribution < 1.29 is 4.74 Å². The Morgan fingerprint density at radius 2 is 1.86 bits per heavy atom. The van der Waals surface area contributed by atoms with E-state index in [1.54, 1.807) is 7.11 Å². The second-order valence-electron chi connectivity index (χ2n) is 7.05. The molecule has 0 bridgehead atoms. The highest BCUT2D eigenvalue weighted by Gasteiger charge is 2.26. The van der Waals surface area contributed by atoms with E-state index in [4.69, 9.17) is 4.74 Å². The summed E-state index contributed by atoms with van der Waals surface area (Å²) in [5.74, 6) is 2.50. The first-order chi connectivity index (χ1) is 9.79. The Morgan fingerprint density at radius 1 is 1.24 bits per heavy atom. The Balaban J connectivity index is 2.68. The first-order valence-corrected chi connectivity index (χ1v) is 8.35. The second-order valence-corrected chi connectivity index (χ2v) is 7.42. The molecule has 0 aromatic heterocycles. The highest BCUT2D eigenvalue weighted by molar-refractivity contribution is 7.80. The predicted molar refractivity (Wildman–Crippen MR) is 95.6 cm³/mol. The Kier molecular flexibility index (Phi) is 7.08.